The molecule has 2 heterocycles. The molecule has 1 aromatic carbocycles. The summed E-state index contributed by atoms with van der Waals surface area (Å²) in [5.41, 5.74) is 1.37. The molecule has 1 aliphatic rings. The summed E-state index contributed by atoms with van der Waals surface area (Å²) < 4.78 is 19.9. The highest BCUT2D eigenvalue weighted by atomic mass is 19.1. The SMILES string of the molecule is Cc1ccc(Oc2ncc(CN3CCC(=O)C(C(=O)NCC(=O)O)C3=O)cc2F)cc1. The number of likely N-dealkylation sites (tertiary alicyclic amines) is 1. The van der Waals surface area contributed by atoms with Crippen LogP contribution >= 0.6 is 0 Å². The van der Waals surface area contributed by atoms with Gasteiger partial charge in [-0.2, -0.15) is 0 Å². The molecule has 1 fully saturated rings. The van der Waals surface area contributed by atoms with Gasteiger partial charge in [-0.15, -0.1) is 0 Å². The van der Waals surface area contributed by atoms with Crippen LogP contribution in [0.5, 0.6) is 11.6 Å². The number of hydrogen-bond acceptors (Lipinski definition) is 6. The van der Waals surface area contributed by atoms with E-state index in [-0.39, 0.29) is 25.4 Å². The quantitative estimate of drug-likeness (QED) is 0.638. The van der Waals surface area contributed by atoms with Crippen LogP contribution in [0, 0.1) is 18.7 Å². The summed E-state index contributed by atoms with van der Waals surface area (Å²) >= 11 is 0. The standard InChI is InChI=1S/C21H20FN3O6/c1-12-2-4-14(5-3-12)31-20-15(22)8-13(9-24-20)11-25-7-6-16(26)18(21(25)30)19(29)23-10-17(27)28/h2-5,8-9,18H,6-7,10-11H2,1H3,(H,23,29)(H,27,28). The van der Waals surface area contributed by atoms with Crippen LogP contribution in [0.2, 0.25) is 0 Å². The van der Waals surface area contributed by atoms with Crippen molar-refractivity contribution < 1.29 is 33.4 Å². The maximum absolute atomic E-state index is 14.4. The maximum Gasteiger partial charge on any atom is 0.322 e. The molecule has 2 N–H and O–H groups in total. The molecule has 162 valence electrons. The van der Waals surface area contributed by atoms with Crippen LogP contribution in [0.15, 0.2) is 36.5 Å². The van der Waals surface area contributed by atoms with Gasteiger partial charge in [0.2, 0.25) is 11.8 Å². The topological polar surface area (TPSA) is 126 Å². The van der Waals surface area contributed by atoms with Crippen LogP contribution < -0.4 is 10.1 Å². The van der Waals surface area contributed by atoms with Crippen LogP contribution in [-0.2, 0) is 25.7 Å². The number of aromatic nitrogens is 1. The van der Waals surface area contributed by atoms with E-state index in [1.807, 2.05) is 24.4 Å². The van der Waals surface area contributed by atoms with Crippen LogP contribution in [-0.4, -0.2) is 51.6 Å². The molecular weight excluding hydrogens is 409 g/mol. The number of carboxylic acid groups (broad SMARTS) is 1. The Morgan fingerprint density at radius 2 is 2.00 bits per heavy atom. The number of nitrogens with one attached hydrogen (secondary N) is 1. The minimum Gasteiger partial charge on any atom is -0.480 e. The first-order chi connectivity index (χ1) is 14.7. The molecule has 1 saturated heterocycles. The van der Waals surface area contributed by atoms with Crippen LogP contribution in [0.4, 0.5) is 4.39 Å². The van der Waals surface area contributed by atoms with Crippen molar-refractivity contribution in [3.63, 3.8) is 0 Å². The summed E-state index contributed by atoms with van der Waals surface area (Å²) in [6.07, 6.45) is 1.28. The number of ether oxygens (including phenoxy) is 1. The van der Waals surface area contributed by atoms with Gasteiger partial charge in [-0.25, -0.2) is 9.37 Å². The highest BCUT2D eigenvalue weighted by molar-refractivity contribution is 6.19. The Morgan fingerprint density at radius 3 is 2.65 bits per heavy atom. The van der Waals surface area contributed by atoms with E-state index in [0.717, 1.165) is 5.56 Å². The van der Waals surface area contributed by atoms with Crippen molar-refractivity contribution in [2.45, 2.75) is 19.9 Å². The van der Waals surface area contributed by atoms with Crippen molar-refractivity contribution in [3.8, 4) is 11.6 Å². The van der Waals surface area contributed by atoms with Gasteiger partial charge in [0, 0.05) is 25.7 Å². The third-order valence-corrected chi connectivity index (χ3v) is 4.66. The van der Waals surface area contributed by atoms with E-state index >= 15 is 0 Å². The van der Waals surface area contributed by atoms with Gasteiger partial charge in [0.05, 0.1) is 0 Å². The number of piperidine rings is 1. The van der Waals surface area contributed by atoms with E-state index in [1.165, 1.54) is 17.2 Å². The van der Waals surface area contributed by atoms with Gasteiger partial charge >= 0.3 is 5.97 Å². The molecule has 2 aromatic rings. The zero-order valence-electron chi connectivity index (χ0n) is 16.6. The molecule has 3 rings (SSSR count). The molecule has 31 heavy (non-hydrogen) atoms. The first-order valence-corrected chi connectivity index (χ1v) is 9.44. The van der Waals surface area contributed by atoms with E-state index < -0.39 is 41.8 Å². The number of carboxylic acids is 1. The Labute approximate surface area is 176 Å². The Hall–Kier alpha value is -3.82. The number of carbonyl (C=O) groups excluding carboxylic acids is 3. The van der Waals surface area contributed by atoms with E-state index in [0.29, 0.717) is 11.3 Å². The minimum absolute atomic E-state index is 0.0591. The summed E-state index contributed by atoms with van der Waals surface area (Å²) in [7, 11) is 0. The van der Waals surface area contributed by atoms with Crippen molar-refractivity contribution >= 4 is 23.6 Å². The Morgan fingerprint density at radius 1 is 1.29 bits per heavy atom. The van der Waals surface area contributed by atoms with Crippen molar-refractivity contribution in [2.24, 2.45) is 5.92 Å². The smallest absolute Gasteiger partial charge is 0.322 e. The predicted octanol–water partition coefficient (Wildman–Crippen LogP) is 1.44. The average Bonchev–Trinajstić information content (AvgIpc) is 2.72. The van der Waals surface area contributed by atoms with E-state index in [2.05, 4.69) is 4.98 Å². The summed E-state index contributed by atoms with van der Waals surface area (Å²) in [6, 6.07) is 8.16. The number of ketones is 1. The van der Waals surface area contributed by atoms with Gasteiger partial charge in [0.1, 0.15) is 12.3 Å². The van der Waals surface area contributed by atoms with Crippen LogP contribution in [0.1, 0.15) is 17.5 Å². The fraction of sp³-hybridized carbons (Fsp3) is 0.286. The minimum atomic E-state index is -1.62. The second kappa shape index (κ2) is 9.33. The molecule has 1 aliphatic heterocycles. The molecule has 0 aliphatic carbocycles. The summed E-state index contributed by atoms with van der Waals surface area (Å²) in [5.74, 6) is -5.76. The van der Waals surface area contributed by atoms with Crippen LogP contribution in [0.3, 0.4) is 0 Å². The second-order valence-corrected chi connectivity index (χ2v) is 7.07. The van der Waals surface area contributed by atoms with Gasteiger partial charge in [-0.1, -0.05) is 17.7 Å². The van der Waals surface area contributed by atoms with E-state index in [1.54, 1.807) is 12.1 Å². The Balaban J connectivity index is 1.68. The lowest BCUT2D eigenvalue weighted by atomic mass is 9.94. The molecule has 1 aromatic heterocycles. The van der Waals surface area contributed by atoms with Crippen molar-refractivity contribution in [1.82, 2.24) is 15.2 Å². The molecule has 9 nitrogen and oxygen atoms in total. The average molecular weight is 429 g/mol. The maximum atomic E-state index is 14.4. The number of benzene rings is 1. The largest absolute Gasteiger partial charge is 0.480 e. The third kappa shape index (κ3) is 5.41. The molecule has 0 spiro atoms. The lowest BCUT2D eigenvalue weighted by Crippen LogP contribution is -2.52. The fourth-order valence-electron chi connectivity index (χ4n) is 3.06. The molecule has 1 unspecified atom stereocenters. The lowest BCUT2D eigenvalue weighted by molar-refractivity contribution is -0.152. The van der Waals surface area contributed by atoms with Crippen molar-refractivity contribution in [2.75, 3.05) is 13.1 Å². The zero-order valence-corrected chi connectivity index (χ0v) is 16.6. The Kier molecular flexibility index (Phi) is 6.58. The third-order valence-electron chi connectivity index (χ3n) is 4.66. The monoisotopic (exact) mass is 429 g/mol. The van der Waals surface area contributed by atoms with E-state index in [9.17, 15) is 23.6 Å². The normalized spacial score (nSPS) is 16.2. The molecule has 10 heteroatoms. The van der Waals surface area contributed by atoms with Gasteiger partial charge in [0.25, 0.3) is 5.88 Å². The number of pyridine rings is 1. The van der Waals surface area contributed by atoms with Gasteiger partial charge in [0.15, 0.2) is 17.5 Å². The number of hydrogen-bond donors (Lipinski definition) is 2. The number of aliphatic carboxylic acids is 1. The zero-order chi connectivity index (χ0) is 22.5. The van der Waals surface area contributed by atoms with Crippen molar-refractivity contribution in [1.29, 1.82) is 0 Å². The highest BCUT2D eigenvalue weighted by Crippen LogP contribution is 2.24. The molecule has 1 atom stereocenters. The number of nitrogens with zero attached hydrogens (tertiary/aromatic N) is 2. The summed E-state index contributed by atoms with van der Waals surface area (Å²) in [6.45, 7) is 1.20. The van der Waals surface area contributed by atoms with Crippen molar-refractivity contribution in [3.05, 3.63) is 53.5 Å². The fourth-order valence-corrected chi connectivity index (χ4v) is 3.06. The number of rotatable bonds is 7. The number of carbonyl (C=O) groups is 4. The van der Waals surface area contributed by atoms with Gasteiger partial charge in [-0.05, 0) is 30.7 Å². The molecule has 2 amide bonds. The second-order valence-electron chi connectivity index (χ2n) is 7.07. The number of Topliss-reactive ketones (excluding diaryl/α,β-unsaturated/α-hetero) is 1. The summed E-state index contributed by atoms with van der Waals surface area (Å²) in [4.78, 5) is 52.5. The summed E-state index contributed by atoms with van der Waals surface area (Å²) in [5, 5.41) is 10.7. The van der Waals surface area contributed by atoms with Gasteiger partial charge < -0.3 is 20.1 Å². The lowest BCUT2D eigenvalue weighted by Gasteiger charge is -2.30. The predicted molar refractivity (Wildman–Crippen MR) is 105 cm³/mol. The highest BCUT2D eigenvalue weighted by Gasteiger charge is 2.40. The van der Waals surface area contributed by atoms with Gasteiger partial charge in [-0.3, -0.25) is 19.2 Å². The van der Waals surface area contributed by atoms with Crippen LogP contribution in [0.25, 0.3) is 0 Å². The molecule has 0 radical (unpaired) electrons. The molecule has 0 saturated carbocycles. The molecule has 0 bridgehead atoms. The first kappa shape index (κ1) is 21.9. The first-order valence-electron chi connectivity index (χ1n) is 9.44. The number of amides is 2. The van der Waals surface area contributed by atoms with E-state index in [4.69, 9.17) is 9.84 Å². The number of halogens is 1. The molecular formula is C21H20FN3O6. The Bertz CT molecular complexity index is 1020. The number of aryl methyl sites for hydroxylation is 1.